The number of hydrogen-bond donors (Lipinski definition) is 0. The van der Waals surface area contributed by atoms with Crippen molar-refractivity contribution in [2.45, 2.75) is 123 Å². The summed E-state index contributed by atoms with van der Waals surface area (Å²) >= 11 is 0. The Morgan fingerprint density at radius 2 is 1.48 bits per heavy atom. The van der Waals surface area contributed by atoms with E-state index in [1.165, 1.54) is 76.9 Å². The standard InChI is InChI=1S/C20H41B/c1-6-7-8-9-10-14-17-21(20(4,5)18(2)3)19-15-12-11-13-16-19/h18-19H,6-17H2,1-5H3. The number of rotatable bonds is 10. The molecular weight excluding hydrogens is 251 g/mol. The van der Waals surface area contributed by atoms with Gasteiger partial charge in [0.2, 0.25) is 0 Å². The summed E-state index contributed by atoms with van der Waals surface area (Å²) in [6.07, 6.45) is 17.6. The molecule has 0 radical (unpaired) electrons. The summed E-state index contributed by atoms with van der Waals surface area (Å²) in [5, 5.41) is 0.519. The summed E-state index contributed by atoms with van der Waals surface area (Å²) in [7, 11) is 0. The molecule has 124 valence electrons. The molecule has 0 N–H and O–H groups in total. The molecule has 1 aliphatic rings. The zero-order valence-electron chi connectivity index (χ0n) is 15.7. The minimum atomic E-state index is 0.519. The summed E-state index contributed by atoms with van der Waals surface area (Å²) in [6, 6.07) is 0. The Kier molecular flexibility index (Phi) is 9.06. The average molecular weight is 292 g/mol. The lowest BCUT2D eigenvalue weighted by molar-refractivity contribution is 0.428. The third kappa shape index (κ3) is 6.37. The van der Waals surface area contributed by atoms with Crippen LogP contribution >= 0.6 is 0 Å². The van der Waals surface area contributed by atoms with Gasteiger partial charge in [-0.05, 0) is 5.92 Å². The maximum atomic E-state index is 2.55. The van der Waals surface area contributed by atoms with E-state index in [1.54, 1.807) is 0 Å². The largest absolute Gasteiger partial charge is 0.149 e. The molecule has 0 amide bonds. The Balaban J connectivity index is 2.48. The molecule has 0 aromatic rings. The Morgan fingerprint density at radius 3 is 2.05 bits per heavy atom. The van der Waals surface area contributed by atoms with Crippen molar-refractivity contribution in [3.05, 3.63) is 0 Å². The van der Waals surface area contributed by atoms with E-state index in [2.05, 4.69) is 34.6 Å². The van der Waals surface area contributed by atoms with Crippen LogP contribution in [0.1, 0.15) is 105 Å². The minimum Gasteiger partial charge on any atom is -0.0735 e. The Hall–Kier alpha value is 0.0649. The summed E-state index contributed by atoms with van der Waals surface area (Å²) in [4.78, 5) is 0. The van der Waals surface area contributed by atoms with E-state index in [0.717, 1.165) is 18.4 Å². The quantitative estimate of drug-likeness (QED) is 0.287. The van der Waals surface area contributed by atoms with Crippen LogP contribution < -0.4 is 0 Å². The Labute approximate surface area is 135 Å². The average Bonchev–Trinajstić information content (AvgIpc) is 2.47. The lowest BCUT2D eigenvalue weighted by Crippen LogP contribution is -2.37. The first-order chi connectivity index (χ1) is 10.00. The van der Waals surface area contributed by atoms with Crippen LogP contribution in [0.4, 0.5) is 0 Å². The van der Waals surface area contributed by atoms with Crippen LogP contribution in [-0.4, -0.2) is 6.71 Å². The highest BCUT2D eigenvalue weighted by Crippen LogP contribution is 2.48. The van der Waals surface area contributed by atoms with Gasteiger partial charge in [0.25, 0.3) is 0 Å². The van der Waals surface area contributed by atoms with Crippen molar-refractivity contribution in [2.24, 2.45) is 5.92 Å². The Bertz CT molecular complexity index is 251. The van der Waals surface area contributed by atoms with Crippen LogP contribution in [0.3, 0.4) is 0 Å². The second-order valence-electron chi connectivity index (χ2n) is 8.54. The molecule has 1 fully saturated rings. The van der Waals surface area contributed by atoms with Gasteiger partial charge >= 0.3 is 0 Å². The number of unbranched alkanes of at least 4 members (excludes halogenated alkanes) is 5. The van der Waals surface area contributed by atoms with E-state index >= 15 is 0 Å². The smallest absolute Gasteiger partial charge is 0.0735 e. The van der Waals surface area contributed by atoms with E-state index in [-0.39, 0.29) is 0 Å². The van der Waals surface area contributed by atoms with Crippen molar-refractivity contribution < 1.29 is 0 Å². The van der Waals surface area contributed by atoms with E-state index in [9.17, 15) is 0 Å². The zero-order valence-corrected chi connectivity index (χ0v) is 15.7. The Morgan fingerprint density at radius 1 is 0.905 bits per heavy atom. The van der Waals surface area contributed by atoms with Crippen LogP contribution in [-0.2, 0) is 0 Å². The van der Waals surface area contributed by atoms with Gasteiger partial charge in [-0.1, -0.05) is 123 Å². The maximum Gasteiger partial charge on any atom is 0.149 e. The molecule has 21 heavy (non-hydrogen) atoms. The maximum absolute atomic E-state index is 2.55. The van der Waals surface area contributed by atoms with E-state index in [0.29, 0.717) is 5.31 Å². The first-order valence-electron chi connectivity index (χ1n) is 10.00. The molecule has 0 aliphatic heterocycles. The molecule has 1 heteroatoms. The van der Waals surface area contributed by atoms with Gasteiger partial charge in [-0.25, -0.2) is 0 Å². The molecule has 0 aromatic heterocycles. The third-order valence-corrected chi connectivity index (χ3v) is 6.53. The first kappa shape index (κ1) is 19.1. The molecule has 1 saturated carbocycles. The first-order valence-corrected chi connectivity index (χ1v) is 10.00. The van der Waals surface area contributed by atoms with Gasteiger partial charge in [0.15, 0.2) is 0 Å². The normalized spacial score (nSPS) is 17.4. The monoisotopic (exact) mass is 292 g/mol. The minimum absolute atomic E-state index is 0.519. The lowest BCUT2D eigenvalue weighted by atomic mass is 9.23. The molecule has 0 nitrogen and oxygen atoms in total. The van der Waals surface area contributed by atoms with Gasteiger partial charge in [0, 0.05) is 0 Å². The van der Waals surface area contributed by atoms with E-state index in [4.69, 9.17) is 0 Å². The molecule has 0 atom stereocenters. The molecule has 1 aliphatic carbocycles. The molecule has 0 heterocycles. The summed E-state index contributed by atoms with van der Waals surface area (Å²) in [5.41, 5.74) is 0. The highest BCUT2D eigenvalue weighted by molar-refractivity contribution is 6.63. The predicted octanol–water partition coefficient (Wildman–Crippen LogP) is 7.61. The van der Waals surface area contributed by atoms with Crippen molar-refractivity contribution in [3.8, 4) is 0 Å². The molecule has 1 rings (SSSR count). The molecular formula is C20H41B. The van der Waals surface area contributed by atoms with Gasteiger partial charge in [-0.15, -0.1) is 0 Å². The molecule has 0 bridgehead atoms. The van der Waals surface area contributed by atoms with Crippen LogP contribution in [0.5, 0.6) is 0 Å². The van der Waals surface area contributed by atoms with Gasteiger partial charge in [0.1, 0.15) is 6.71 Å². The molecule has 0 unspecified atom stereocenters. The molecule has 0 aromatic carbocycles. The molecule has 0 spiro atoms. The van der Waals surface area contributed by atoms with Crippen molar-refractivity contribution >= 4 is 6.71 Å². The van der Waals surface area contributed by atoms with Crippen molar-refractivity contribution in [1.29, 1.82) is 0 Å². The van der Waals surface area contributed by atoms with Crippen LogP contribution in [0.25, 0.3) is 0 Å². The van der Waals surface area contributed by atoms with Crippen molar-refractivity contribution in [1.82, 2.24) is 0 Å². The predicted molar refractivity (Wildman–Crippen MR) is 99.7 cm³/mol. The lowest BCUT2D eigenvalue weighted by Gasteiger charge is -2.42. The van der Waals surface area contributed by atoms with Crippen LogP contribution in [0, 0.1) is 5.92 Å². The van der Waals surface area contributed by atoms with Crippen molar-refractivity contribution in [2.75, 3.05) is 0 Å². The third-order valence-electron chi connectivity index (χ3n) is 6.53. The summed E-state index contributed by atoms with van der Waals surface area (Å²) in [5.74, 6) is 1.83. The van der Waals surface area contributed by atoms with Crippen LogP contribution in [0.15, 0.2) is 0 Å². The highest BCUT2D eigenvalue weighted by Gasteiger charge is 2.40. The van der Waals surface area contributed by atoms with Gasteiger partial charge in [-0.3, -0.25) is 0 Å². The second kappa shape index (κ2) is 9.96. The number of hydrogen-bond acceptors (Lipinski definition) is 0. The highest BCUT2D eigenvalue weighted by atomic mass is 14.3. The molecule has 0 saturated heterocycles. The zero-order chi connectivity index (χ0) is 15.7. The summed E-state index contributed by atoms with van der Waals surface area (Å²) < 4.78 is 0. The fraction of sp³-hybridized carbons (Fsp3) is 1.00. The second-order valence-corrected chi connectivity index (χ2v) is 8.54. The fourth-order valence-corrected chi connectivity index (χ4v) is 4.32. The van der Waals surface area contributed by atoms with E-state index < -0.39 is 0 Å². The van der Waals surface area contributed by atoms with E-state index in [1.807, 2.05) is 0 Å². The SMILES string of the molecule is CCCCCCCCB(C1CCCCC1)C(C)(C)C(C)C. The van der Waals surface area contributed by atoms with Crippen molar-refractivity contribution in [3.63, 3.8) is 0 Å². The van der Waals surface area contributed by atoms with Gasteiger partial charge in [0.05, 0.1) is 0 Å². The van der Waals surface area contributed by atoms with Gasteiger partial charge in [-0.2, -0.15) is 0 Å². The van der Waals surface area contributed by atoms with Gasteiger partial charge < -0.3 is 0 Å². The van der Waals surface area contributed by atoms with Crippen LogP contribution in [0.2, 0.25) is 17.5 Å². The fourth-order valence-electron chi connectivity index (χ4n) is 4.32. The summed E-state index contributed by atoms with van der Waals surface area (Å²) in [6.45, 7) is 13.3. The topological polar surface area (TPSA) is 0 Å².